The van der Waals surface area contributed by atoms with Gasteiger partial charge in [0.05, 0.1) is 26.4 Å². The predicted octanol–water partition coefficient (Wildman–Crippen LogP) is 5.62. The van der Waals surface area contributed by atoms with Gasteiger partial charge in [-0.15, -0.1) is 0 Å². The summed E-state index contributed by atoms with van der Waals surface area (Å²) in [5, 5.41) is 0. The van der Waals surface area contributed by atoms with Crippen LogP contribution in [-0.4, -0.2) is 32.4 Å². The van der Waals surface area contributed by atoms with Gasteiger partial charge in [0.15, 0.2) is 34.6 Å². The highest BCUT2D eigenvalue weighted by molar-refractivity contribution is 5.85. The van der Waals surface area contributed by atoms with E-state index in [1.165, 1.54) is 0 Å². The predicted molar refractivity (Wildman–Crippen MR) is 128 cm³/mol. The topological polar surface area (TPSA) is 101 Å². The van der Waals surface area contributed by atoms with E-state index < -0.39 is 0 Å². The Hall–Kier alpha value is -2.31. The quantitative estimate of drug-likeness (QED) is 0.186. The Morgan fingerprint density at radius 3 is 1.23 bits per heavy atom. The second-order valence-corrected chi connectivity index (χ2v) is 7.63. The van der Waals surface area contributed by atoms with Crippen molar-refractivity contribution in [2.24, 2.45) is 16.5 Å². The van der Waals surface area contributed by atoms with Crippen LogP contribution >= 0.6 is 0 Å². The third-order valence-electron chi connectivity index (χ3n) is 4.74. The van der Waals surface area contributed by atoms with Crippen LogP contribution < -0.4 is 30.4 Å². The van der Waals surface area contributed by atoms with Crippen molar-refractivity contribution in [2.45, 2.75) is 86.0 Å². The molecule has 0 unspecified atom stereocenters. The minimum Gasteiger partial charge on any atom is -0.489 e. The Morgan fingerprint density at radius 1 is 0.613 bits per heavy atom. The highest BCUT2D eigenvalue weighted by Gasteiger charge is 2.27. The summed E-state index contributed by atoms with van der Waals surface area (Å²) in [6.07, 6.45) is 7.79. The molecule has 0 radical (unpaired) electrons. The van der Waals surface area contributed by atoms with Gasteiger partial charge in [-0.2, -0.15) is 0 Å². The minimum absolute atomic E-state index is 0.0662. The number of unbranched alkanes of at least 4 members (excludes halogenated alkanes) is 4. The monoisotopic (exact) mass is 437 g/mol. The van der Waals surface area contributed by atoms with E-state index in [0.29, 0.717) is 55.1 Å². The Morgan fingerprint density at radius 2 is 0.935 bits per heavy atom. The highest BCUT2D eigenvalue weighted by atomic mass is 16.5. The number of hydrogen-bond acceptors (Lipinski definition) is 5. The van der Waals surface area contributed by atoms with E-state index in [1.807, 2.05) is 6.92 Å². The molecule has 4 N–H and O–H groups in total. The molecule has 0 aliphatic heterocycles. The second-order valence-electron chi connectivity index (χ2n) is 7.63. The van der Waals surface area contributed by atoms with Gasteiger partial charge in [0.1, 0.15) is 0 Å². The highest BCUT2D eigenvalue weighted by Crippen LogP contribution is 2.53. The molecule has 178 valence electrons. The lowest BCUT2D eigenvalue weighted by atomic mass is 10.1. The van der Waals surface area contributed by atoms with Gasteiger partial charge < -0.3 is 30.4 Å². The molecule has 0 fully saturated rings. The molecular weight excluding hydrogens is 394 g/mol. The molecule has 1 rings (SSSR count). The Kier molecular flexibility index (Phi) is 13.3. The zero-order valence-electron chi connectivity index (χ0n) is 20.2. The molecule has 0 saturated heterocycles. The second kappa shape index (κ2) is 15.5. The summed E-state index contributed by atoms with van der Waals surface area (Å²) in [5.41, 5.74) is 12.9. The van der Waals surface area contributed by atoms with Crippen LogP contribution in [0.3, 0.4) is 0 Å². The van der Waals surface area contributed by atoms with Crippen LogP contribution in [0.1, 0.15) is 84.6 Å². The number of aliphatic imine (C=N–C) groups is 1. The third kappa shape index (κ3) is 8.75. The first-order valence-electron chi connectivity index (χ1n) is 11.8. The van der Waals surface area contributed by atoms with Crippen molar-refractivity contribution in [3.63, 3.8) is 0 Å². The smallest absolute Gasteiger partial charge is 0.191 e. The van der Waals surface area contributed by atoms with E-state index in [-0.39, 0.29) is 5.96 Å². The number of hydrogen-bond donors (Lipinski definition) is 2. The molecule has 7 nitrogen and oxygen atoms in total. The third-order valence-corrected chi connectivity index (χ3v) is 4.74. The fraction of sp³-hybridized carbons (Fsp3) is 0.708. The SMILES string of the molecule is CCCCOc1c(C)c(OCCCC)c(OCCCC)c(N=C(N)N)c1OCCCC. The van der Waals surface area contributed by atoms with Crippen molar-refractivity contribution in [1.82, 2.24) is 0 Å². The van der Waals surface area contributed by atoms with E-state index >= 15 is 0 Å². The van der Waals surface area contributed by atoms with Gasteiger partial charge >= 0.3 is 0 Å². The summed E-state index contributed by atoms with van der Waals surface area (Å²) >= 11 is 0. The summed E-state index contributed by atoms with van der Waals surface area (Å²) in [4.78, 5) is 4.40. The summed E-state index contributed by atoms with van der Waals surface area (Å²) < 4.78 is 24.7. The molecule has 1 aromatic rings. The first kappa shape index (κ1) is 26.7. The maximum absolute atomic E-state index is 6.18. The van der Waals surface area contributed by atoms with Crippen molar-refractivity contribution in [3.8, 4) is 23.0 Å². The summed E-state index contributed by atoms with van der Waals surface area (Å²) in [5.74, 6) is 2.22. The fourth-order valence-corrected chi connectivity index (χ4v) is 2.88. The number of nitrogens with zero attached hydrogens (tertiary/aromatic N) is 1. The Bertz CT molecular complexity index is 628. The lowest BCUT2D eigenvalue weighted by Crippen LogP contribution is -2.22. The fourth-order valence-electron chi connectivity index (χ4n) is 2.88. The van der Waals surface area contributed by atoms with Gasteiger partial charge in [-0.1, -0.05) is 53.4 Å². The lowest BCUT2D eigenvalue weighted by molar-refractivity contribution is 0.241. The molecule has 0 aliphatic rings. The van der Waals surface area contributed by atoms with E-state index in [9.17, 15) is 0 Å². The van der Waals surface area contributed by atoms with Gasteiger partial charge in [-0.25, -0.2) is 4.99 Å². The number of rotatable bonds is 17. The molecule has 0 bridgehead atoms. The molecule has 0 amide bonds. The first-order chi connectivity index (χ1) is 15.0. The molecule has 0 spiro atoms. The van der Waals surface area contributed by atoms with Crippen LogP contribution in [0.15, 0.2) is 4.99 Å². The average Bonchev–Trinajstić information content (AvgIpc) is 2.74. The van der Waals surface area contributed by atoms with Gasteiger partial charge in [0.2, 0.25) is 0 Å². The van der Waals surface area contributed by atoms with Crippen LogP contribution in [0.4, 0.5) is 5.69 Å². The van der Waals surface area contributed by atoms with Crippen molar-refractivity contribution in [2.75, 3.05) is 26.4 Å². The lowest BCUT2D eigenvalue weighted by Gasteiger charge is -2.23. The maximum Gasteiger partial charge on any atom is 0.191 e. The minimum atomic E-state index is -0.0662. The van der Waals surface area contributed by atoms with Crippen molar-refractivity contribution in [3.05, 3.63) is 5.56 Å². The van der Waals surface area contributed by atoms with Gasteiger partial charge in [0, 0.05) is 5.56 Å². The Balaban J connectivity index is 3.62. The molecule has 0 heterocycles. The first-order valence-corrected chi connectivity index (χ1v) is 11.8. The molecule has 0 aromatic heterocycles. The molecule has 0 aliphatic carbocycles. The number of nitrogens with two attached hydrogens (primary N) is 2. The van der Waals surface area contributed by atoms with Gasteiger partial charge in [0.25, 0.3) is 0 Å². The van der Waals surface area contributed by atoms with Gasteiger partial charge in [-0.05, 0) is 32.6 Å². The largest absolute Gasteiger partial charge is 0.489 e. The van der Waals surface area contributed by atoms with Crippen LogP contribution in [0, 0.1) is 6.92 Å². The number of guanidine groups is 1. The molecule has 7 heteroatoms. The van der Waals surface area contributed by atoms with E-state index in [0.717, 1.165) is 56.9 Å². The van der Waals surface area contributed by atoms with E-state index in [4.69, 9.17) is 30.4 Å². The number of benzene rings is 1. The summed E-state index contributed by atoms with van der Waals surface area (Å²) in [6, 6.07) is 0. The zero-order chi connectivity index (χ0) is 23.1. The van der Waals surface area contributed by atoms with Crippen molar-refractivity contribution in [1.29, 1.82) is 0 Å². The van der Waals surface area contributed by atoms with Crippen LogP contribution in [0.5, 0.6) is 23.0 Å². The molecule has 0 atom stereocenters. The standard InChI is InChI=1S/C24H43N3O4/c1-6-10-14-28-20-18(5)21(29-15-11-7-2)23(31-17-13-9-4)19(27-24(25)26)22(20)30-16-12-8-3/h6-17H2,1-5H3,(H4,25,26,27). The van der Waals surface area contributed by atoms with E-state index in [2.05, 4.69) is 32.7 Å². The summed E-state index contributed by atoms with van der Waals surface area (Å²) in [7, 11) is 0. The average molecular weight is 438 g/mol. The molecular formula is C24H43N3O4. The van der Waals surface area contributed by atoms with Gasteiger partial charge in [-0.3, -0.25) is 0 Å². The molecule has 31 heavy (non-hydrogen) atoms. The van der Waals surface area contributed by atoms with Crippen LogP contribution in [0.2, 0.25) is 0 Å². The van der Waals surface area contributed by atoms with Crippen molar-refractivity contribution >= 4 is 11.6 Å². The van der Waals surface area contributed by atoms with Crippen molar-refractivity contribution < 1.29 is 18.9 Å². The number of ether oxygens (including phenoxy) is 4. The molecule has 1 aromatic carbocycles. The van der Waals surface area contributed by atoms with E-state index in [1.54, 1.807) is 0 Å². The van der Waals surface area contributed by atoms with Crippen LogP contribution in [0.25, 0.3) is 0 Å². The molecule has 0 saturated carbocycles. The summed E-state index contributed by atoms with van der Waals surface area (Å²) in [6.45, 7) is 12.7. The maximum atomic E-state index is 6.18. The zero-order valence-corrected chi connectivity index (χ0v) is 20.2. The normalized spacial score (nSPS) is 10.6. The van der Waals surface area contributed by atoms with Crippen LogP contribution in [-0.2, 0) is 0 Å². The Labute approximate surface area is 188 Å².